The van der Waals surface area contributed by atoms with Gasteiger partial charge in [0.1, 0.15) is 0 Å². The maximum atomic E-state index is 11.8. The predicted molar refractivity (Wildman–Crippen MR) is 47.3 cm³/mol. The number of alkyl halides is 1. The molecule has 0 saturated heterocycles. The van der Waals surface area contributed by atoms with Crippen molar-refractivity contribution in [1.82, 2.24) is 0 Å². The lowest BCUT2D eigenvalue weighted by atomic mass is 10.2. The van der Waals surface area contributed by atoms with Crippen molar-refractivity contribution in [3.8, 4) is 0 Å². The second kappa shape index (κ2) is 7.06. The van der Waals surface area contributed by atoms with Crippen LogP contribution in [0.15, 0.2) is 11.8 Å². The number of allylic oxidation sites excluding steroid dienone is 2. The second-order valence-electron chi connectivity index (χ2n) is 2.49. The van der Waals surface area contributed by atoms with Crippen LogP contribution in [0.1, 0.15) is 12.8 Å². The molecule has 0 atom stereocenters. The number of rotatable bonds is 6. The Morgan fingerprint density at radius 2 is 1.86 bits per heavy atom. The molecule has 0 aliphatic carbocycles. The van der Waals surface area contributed by atoms with E-state index in [-0.39, 0.29) is 18.6 Å². The number of ketones is 1. The highest BCUT2D eigenvalue weighted by molar-refractivity contribution is 5.91. The fourth-order valence-corrected chi connectivity index (χ4v) is 0.779. The van der Waals surface area contributed by atoms with E-state index in [1.807, 2.05) is 0 Å². The number of carbonyl (C=O) groups excluding carboxylic acids is 2. The fourth-order valence-electron chi connectivity index (χ4n) is 0.779. The quantitative estimate of drug-likeness (QED) is 0.368. The van der Waals surface area contributed by atoms with Gasteiger partial charge in [0.05, 0.1) is 26.4 Å². The summed E-state index contributed by atoms with van der Waals surface area (Å²) in [6.45, 7) is -1.06. The first-order valence-electron chi connectivity index (χ1n) is 4.04. The summed E-state index contributed by atoms with van der Waals surface area (Å²) in [6.07, 6.45) is 1.38. The van der Waals surface area contributed by atoms with E-state index in [9.17, 15) is 14.0 Å². The molecule has 0 rings (SSSR count). The molecular formula is C9H13FO4. The minimum Gasteiger partial charge on any atom is -0.501 e. The lowest BCUT2D eigenvalue weighted by Crippen LogP contribution is -2.03. The molecule has 0 radical (unpaired) electrons. The maximum Gasteiger partial charge on any atom is 0.305 e. The third kappa shape index (κ3) is 5.29. The Morgan fingerprint density at radius 1 is 1.21 bits per heavy atom. The van der Waals surface area contributed by atoms with Gasteiger partial charge in [-0.25, -0.2) is 4.39 Å². The van der Waals surface area contributed by atoms with Crippen molar-refractivity contribution in [2.75, 3.05) is 20.9 Å². The molecule has 0 aliphatic heterocycles. The number of hydrogen-bond donors (Lipinski definition) is 0. The summed E-state index contributed by atoms with van der Waals surface area (Å²) in [4.78, 5) is 21.4. The number of methoxy groups -OCH3 is 2. The molecule has 0 aromatic heterocycles. The van der Waals surface area contributed by atoms with Gasteiger partial charge in [-0.05, 0) is 0 Å². The highest BCUT2D eigenvalue weighted by Gasteiger charge is 2.06. The van der Waals surface area contributed by atoms with Gasteiger partial charge in [-0.15, -0.1) is 0 Å². The van der Waals surface area contributed by atoms with Crippen LogP contribution in [0.2, 0.25) is 0 Å². The van der Waals surface area contributed by atoms with Crippen LogP contribution in [-0.2, 0) is 19.1 Å². The van der Waals surface area contributed by atoms with E-state index >= 15 is 0 Å². The summed E-state index contributed by atoms with van der Waals surface area (Å²) >= 11 is 0. The summed E-state index contributed by atoms with van der Waals surface area (Å²) in [5.41, 5.74) is 0. The number of esters is 1. The van der Waals surface area contributed by atoms with Crippen molar-refractivity contribution in [2.45, 2.75) is 12.8 Å². The van der Waals surface area contributed by atoms with E-state index < -0.39 is 18.4 Å². The van der Waals surface area contributed by atoms with Gasteiger partial charge in [0, 0.05) is 12.5 Å². The molecule has 0 bridgehead atoms. The summed E-state index contributed by atoms with van der Waals surface area (Å²) < 4.78 is 21.0. The van der Waals surface area contributed by atoms with Crippen molar-refractivity contribution in [3.05, 3.63) is 11.8 Å². The molecule has 0 aromatic rings. The average Bonchev–Trinajstić information content (AvgIpc) is 2.22. The lowest BCUT2D eigenvalue weighted by Gasteiger charge is -2.04. The SMILES string of the molecule is COC(=O)CC/C(=C\C(=O)CF)OC. The molecule has 80 valence electrons. The van der Waals surface area contributed by atoms with Crippen LogP contribution in [-0.4, -0.2) is 32.6 Å². The Bertz CT molecular complexity index is 235. The first-order valence-corrected chi connectivity index (χ1v) is 4.04. The van der Waals surface area contributed by atoms with Crippen LogP contribution in [0.3, 0.4) is 0 Å². The molecule has 5 heteroatoms. The van der Waals surface area contributed by atoms with Crippen molar-refractivity contribution in [1.29, 1.82) is 0 Å². The molecular weight excluding hydrogens is 191 g/mol. The molecule has 0 N–H and O–H groups in total. The van der Waals surface area contributed by atoms with E-state index in [0.717, 1.165) is 6.08 Å². The first kappa shape index (κ1) is 12.6. The van der Waals surface area contributed by atoms with E-state index in [2.05, 4.69) is 4.74 Å². The highest BCUT2D eigenvalue weighted by atomic mass is 19.1. The number of ether oxygens (including phenoxy) is 2. The highest BCUT2D eigenvalue weighted by Crippen LogP contribution is 2.06. The molecule has 4 nitrogen and oxygen atoms in total. The molecule has 0 aliphatic rings. The molecule has 0 saturated carbocycles. The smallest absolute Gasteiger partial charge is 0.305 e. The molecule has 14 heavy (non-hydrogen) atoms. The van der Waals surface area contributed by atoms with Gasteiger partial charge < -0.3 is 9.47 Å². The van der Waals surface area contributed by atoms with E-state index in [1.54, 1.807) is 0 Å². The minimum atomic E-state index is -1.06. The summed E-state index contributed by atoms with van der Waals surface area (Å²) in [7, 11) is 2.62. The third-order valence-electron chi connectivity index (χ3n) is 1.52. The van der Waals surface area contributed by atoms with Crippen LogP contribution in [0.4, 0.5) is 4.39 Å². The van der Waals surface area contributed by atoms with Crippen LogP contribution in [0, 0.1) is 0 Å². The largest absolute Gasteiger partial charge is 0.501 e. The summed E-state index contributed by atoms with van der Waals surface area (Å²) in [6, 6.07) is 0. The summed E-state index contributed by atoms with van der Waals surface area (Å²) in [5.74, 6) is -0.801. The van der Waals surface area contributed by atoms with Crippen LogP contribution < -0.4 is 0 Å². The number of hydrogen-bond acceptors (Lipinski definition) is 4. The first-order chi connectivity index (χ1) is 6.63. The van der Waals surface area contributed by atoms with Gasteiger partial charge >= 0.3 is 5.97 Å². The van der Waals surface area contributed by atoms with Crippen molar-refractivity contribution < 1.29 is 23.5 Å². The van der Waals surface area contributed by atoms with Gasteiger partial charge in [0.2, 0.25) is 0 Å². The van der Waals surface area contributed by atoms with Crippen molar-refractivity contribution >= 4 is 11.8 Å². The molecule has 0 heterocycles. The standard InChI is InChI=1S/C9H13FO4/c1-13-8(5-7(11)6-10)3-4-9(12)14-2/h5H,3-4,6H2,1-2H3/b8-5+. The van der Waals surface area contributed by atoms with E-state index in [4.69, 9.17) is 4.74 Å². The topological polar surface area (TPSA) is 52.6 Å². The van der Waals surface area contributed by atoms with Gasteiger partial charge in [0.15, 0.2) is 12.5 Å². The zero-order chi connectivity index (χ0) is 11.0. The third-order valence-corrected chi connectivity index (χ3v) is 1.52. The van der Waals surface area contributed by atoms with E-state index in [1.165, 1.54) is 14.2 Å². The Hall–Kier alpha value is -1.39. The van der Waals surface area contributed by atoms with Crippen molar-refractivity contribution in [2.24, 2.45) is 0 Å². The molecule has 0 fully saturated rings. The second-order valence-corrected chi connectivity index (χ2v) is 2.49. The minimum absolute atomic E-state index is 0.107. The van der Waals surface area contributed by atoms with Gasteiger partial charge in [-0.1, -0.05) is 0 Å². The molecule has 0 spiro atoms. The summed E-state index contributed by atoms with van der Waals surface area (Å²) in [5, 5.41) is 0. The Kier molecular flexibility index (Phi) is 6.36. The Balaban J connectivity index is 4.09. The van der Waals surface area contributed by atoms with Crippen LogP contribution >= 0.6 is 0 Å². The lowest BCUT2D eigenvalue weighted by molar-refractivity contribution is -0.140. The molecule has 0 unspecified atom stereocenters. The average molecular weight is 204 g/mol. The van der Waals surface area contributed by atoms with Crippen molar-refractivity contribution in [3.63, 3.8) is 0 Å². The predicted octanol–water partition coefficient (Wildman–Crippen LogP) is 1.01. The van der Waals surface area contributed by atoms with Crippen LogP contribution in [0.5, 0.6) is 0 Å². The zero-order valence-corrected chi connectivity index (χ0v) is 8.21. The zero-order valence-electron chi connectivity index (χ0n) is 8.21. The fraction of sp³-hybridized carbons (Fsp3) is 0.556. The molecule has 0 amide bonds. The Morgan fingerprint density at radius 3 is 2.29 bits per heavy atom. The van der Waals surface area contributed by atoms with Gasteiger partial charge in [0.25, 0.3) is 0 Å². The van der Waals surface area contributed by atoms with Gasteiger partial charge in [-0.2, -0.15) is 0 Å². The number of carbonyl (C=O) groups is 2. The maximum absolute atomic E-state index is 11.8. The number of halogens is 1. The monoisotopic (exact) mass is 204 g/mol. The Labute approximate surface area is 81.7 Å². The normalized spacial score (nSPS) is 10.9. The van der Waals surface area contributed by atoms with Crippen LogP contribution in [0.25, 0.3) is 0 Å². The van der Waals surface area contributed by atoms with Gasteiger partial charge in [-0.3, -0.25) is 9.59 Å². The van der Waals surface area contributed by atoms with E-state index in [0.29, 0.717) is 0 Å². The molecule has 0 aromatic carbocycles.